The Hall–Kier alpha value is -2.19. The Bertz CT molecular complexity index is 769. The fraction of sp³-hybridized carbons (Fsp3) is 0.696. The Morgan fingerprint density at radius 2 is 2.00 bits per heavy atom. The topological polar surface area (TPSA) is 104 Å². The second-order valence-corrected chi connectivity index (χ2v) is 9.78. The molecule has 3 N–H and O–H groups in total. The third kappa shape index (κ3) is 5.95. The first kappa shape index (κ1) is 23.5. The number of ether oxygens (including phenoxy) is 1. The van der Waals surface area contributed by atoms with Gasteiger partial charge in [-0.1, -0.05) is 27.7 Å². The zero-order valence-electron chi connectivity index (χ0n) is 19.1. The number of carbonyl (C=O) groups excluding carboxylic acids is 3. The van der Waals surface area contributed by atoms with Crippen molar-refractivity contribution in [1.82, 2.24) is 20.5 Å². The molecule has 2 amide bonds. The predicted octanol–water partition coefficient (Wildman–Crippen LogP) is 1.73. The summed E-state index contributed by atoms with van der Waals surface area (Å²) in [5, 5.41) is 5.78. The molecular formula is C23H36N4O4. The molecule has 0 aliphatic carbocycles. The molecule has 0 radical (unpaired) electrons. The van der Waals surface area contributed by atoms with Crippen molar-refractivity contribution >= 4 is 17.6 Å². The molecular weight excluding hydrogens is 396 g/mol. The molecule has 8 heteroatoms. The molecule has 2 aliphatic heterocycles. The van der Waals surface area contributed by atoms with Gasteiger partial charge in [-0.05, 0) is 49.8 Å². The lowest BCUT2D eigenvalue weighted by molar-refractivity contribution is -0.128. The zero-order valence-corrected chi connectivity index (χ0v) is 19.1. The van der Waals surface area contributed by atoms with Gasteiger partial charge in [-0.15, -0.1) is 0 Å². The molecule has 0 bridgehead atoms. The van der Waals surface area contributed by atoms with Gasteiger partial charge in [-0.25, -0.2) is 0 Å². The maximum atomic E-state index is 13.3. The monoisotopic (exact) mass is 432 g/mol. The number of aromatic nitrogens is 1. The third-order valence-electron chi connectivity index (χ3n) is 6.87. The van der Waals surface area contributed by atoms with E-state index in [1.165, 1.54) is 0 Å². The molecule has 31 heavy (non-hydrogen) atoms. The average molecular weight is 433 g/mol. The van der Waals surface area contributed by atoms with E-state index in [2.05, 4.69) is 48.2 Å². The van der Waals surface area contributed by atoms with Crippen LogP contribution in [-0.4, -0.2) is 71.9 Å². The molecule has 2 fully saturated rings. The molecule has 0 aromatic carbocycles. The first-order valence-electron chi connectivity index (χ1n) is 11.3. The van der Waals surface area contributed by atoms with E-state index in [0.717, 1.165) is 25.9 Å². The third-order valence-corrected chi connectivity index (χ3v) is 6.87. The Morgan fingerprint density at radius 1 is 1.29 bits per heavy atom. The van der Waals surface area contributed by atoms with Crippen LogP contribution < -0.4 is 10.6 Å². The minimum absolute atomic E-state index is 0.0152. The quantitative estimate of drug-likeness (QED) is 0.551. The number of H-pyrrole nitrogens is 1. The zero-order chi connectivity index (χ0) is 22.6. The van der Waals surface area contributed by atoms with Gasteiger partial charge < -0.3 is 25.3 Å². The maximum absolute atomic E-state index is 13.3. The van der Waals surface area contributed by atoms with E-state index in [9.17, 15) is 14.4 Å². The predicted molar refractivity (Wildman–Crippen MR) is 118 cm³/mol. The Morgan fingerprint density at radius 3 is 2.61 bits per heavy atom. The number of hydrogen-bond donors (Lipinski definition) is 3. The number of hydrogen-bond acceptors (Lipinski definition) is 5. The fourth-order valence-corrected chi connectivity index (χ4v) is 4.07. The number of amides is 2. The Balaban J connectivity index is 1.71. The number of nitrogens with zero attached hydrogens (tertiary/aromatic N) is 1. The van der Waals surface area contributed by atoms with Gasteiger partial charge in [0.15, 0.2) is 5.78 Å². The van der Waals surface area contributed by atoms with Crippen LogP contribution in [0.15, 0.2) is 18.5 Å². The van der Waals surface area contributed by atoms with Crippen LogP contribution in [0.25, 0.3) is 0 Å². The van der Waals surface area contributed by atoms with Crippen LogP contribution in [0.1, 0.15) is 57.3 Å². The molecule has 2 saturated heterocycles. The minimum Gasteiger partial charge on any atom is -0.367 e. The van der Waals surface area contributed by atoms with Crippen molar-refractivity contribution in [2.24, 2.45) is 11.3 Å². The number of likely N-dealkylation sites (tertiary alicyclic amines) is 1. The van der Waals surface area contributed by atoms with E-state index < -0.39 is 12.1 Å². The summed E-state index contributed by atoms with van der Waals surface area (Å²) in [6.45, 7) is 11.0. The highest BCUT2D eigenvalue weighted by Crippen LogP contribution is 2.31. The normalized spacial score (nSPS) is 23.3. The van der Waals surface area contributed by atoms with Crippen LogP contribution in [-0.2, 0) is 14.3 Å². The van der Waals surface area contributed by atoms with E-state index >= 15 is 0 Å². The molecule has 3 atom stereocenters. The molecule has 3 heterocycles. The minimum atomic E-state index is -0.749. The van der Waals surface area contributed by atoms with Crippen LogP contribution in [0.5, 0.6) is 0 Å². The molecule has 1 aromatic rings. The van der Waals surface area contributed by atoms with E-state index in [1.807, 2.05) is 0 Å². The van der Waals surface area contributed by atoms with Crippen LogP contribution in [0, 0.1) is 11.3 Å². The number of aromatic amines is 1. The summed E-state index contributed by atoms with van der Waals surface area (Å²) in [7, 11) is 0. The molecule has 8 nitrogen and oxygen atoms in total. The molecule has 0 spiro atoms. The number of nitrogens with one attached hydrogen (secondary N) is 3. The average Bonchev–Trinajstić information content (AvgIpc) is 3.46. The van der Waals surface area contributed by atoms with Gasteiger partial charge in [0, 0.05) is 18.9 Å². The lowest BCUT2D eigenvalue weighted by atomic mass is 9.76. The van der Waals surface area contributed by atoms with Crippen LogP contribution in [0.2, 0.25) is 0 Å². The summed E-state index contributed by atoms with van der Waals surface area (Å²) in [5.41, 5.74) is 0.283. The van der Waals surface area contributed by atoms with Gasteiger partial charge in [0.25, 0.3) is 5.91 Å². The number of carbonyl (C=O) groups is 3. The molecule has 2 unspecified atom stereocenters. The summed E-state index contributed by atoms with van der Waals surface area (Å²) in [4.78, 5) is 43.5. The highest BCUT2D eigenvalue weighted by atomic mass is 16.5. The summed E-state index contributed by atoms with van der Waals surface area (Å²) in [6, 6.07) is 0.237. The van der Waals surface area contributed by atoms with Crippen molar-refractivity contribution in [2.75, 3.05) is 26.2 Å². The van der Waals surface area contributed by atoms with Gasteiger partial charge in [-0.3, -0.25) is 14.4 Å². The van der Waals surface area contributed by atoms with E-state index in [-0.39, 0.29) is 35.7 Å². The number of rotatable bonds is 9. The van der Waals surface area contributed by atoms with Gasteiger partial charge in [-0.2, -0.15) is 0 Å². The standard InChI is InChI=1S/C23H36N4O4/c1-15(2)23(3,4)11-17(25-21(29)16-7-8-24-12-16)22(30)26-20-18(28)14-31-19(20)13-27-9-5-6-10-27/h7-8,12,15,17,19-20,24H,5-6,9-11,13-14H2,1-4H3,(H,25,29)(H,26,30)/t17-,19?,20?/m0/s1. The van der Waals surface area contributed by atoms with Gasteiger partial charge in [0.1, 0.15) is 18.7 Å². The van der Waals surface area contributed by atoms with E-state index in [4.69, 9.17) is 4.74 Å². The first-order valence-corrected chi connectivity index (χ1v) is 11.3. The second-order valence-electron chi connectivity index (χ2n) is 9.78. The highest BCUT2D eigenvalue weighted by molar-refractivity contribution is 5.98. The Labute approximate surface area is 184 Å². The number of ketones is 1. The van der Waals surface area contributed by atoms with Crippen molar-refractivity contribution in [1.29, 1.82) is 0 Å². The molecule has 2 aliphatic rings. The van der Waals surface area contributed by atoms with Crippen molar-refractivity contribution in [3.63, 3.8) is 0 Å². The second kappa shape index (κ2) is 9.96. The molecule has 1 aromatic heterocycles. The molecule has 172 valence electrons. The van der Waals surface area contributed by atoms with E-state index in [1.54, 1.807) is 18.5 Å². The summed E-state index contributed by atoms with van der Waals surface area (Å²) in [5.74, 6) is -0.459. The summed E-state index contributed by atoms with van der Waals surface area (Å²) in [6.07, 6.45) is 5.67. The number of Topliss-reactive ketones (excluding diaryl/α,β-unsaturated/α-hetero) is 1. The van der Waals surface area contributed by atoms with E-state index in [0.29, 0.717) is 24.4 Å². The Kier molecular flexibility index (Phi) is 7.54. The van der Waals surface area contributed by atoms with Gasteiger partial charge in [0.05, 0.1) is 11.7 Å². The SMILES string of the molecule is CC(C)C(C)(C)C[C@H](NC(=O)c1cc[nH]c1)C(=O)NC1C(=O)COC1CN1CCCC1. The largest absolute Gasteiger partial charge is 0.367 e. The molecule has 0 saturated carbocycles. The fourth-order valence-electron chi connectivity index (χ4n) is 4.07. The van der Waals surface area contributed by atoms with Crippen molar-refractivity contribution < 1.29 is 19.1 Å². The lowest BCUT2D eigenvalue weighted by Crippen LogP contribution is -2.55. The van der Waals surface area contributed by atoms with Crippen LogP contribution >= 0.6 is 0 Å². The lowest BCUT2D eigenvalue weighted by Gasteiger charge is -2.34. The van der Waals surface area contributed by atoms with Crippen molar-refractivity contribution in [3.05, 3.63) is 24.0 Å². The van der Waals surface area contributed by atoms with Crippen molar-refractivity contribution in [2.45, 2.75) is 65.1 Å². The molecule has 3 rings (SSSR count). The van der Waals surface area contributed by atoms with Gasteiger partial charge >= 0.3 is 0 Å². The smallest absolute Gasteiger partial charge is 0.253 e. The van der Waals surface area contributed by atoms with Gasteiger partial charge in [0.2, 0.25) is 5.91 Å². The van der Waals surface area contributed by atoms with Crippen LogP contribution in [0.3, 0.4) is 0 Å². The first-order chi connectivity index (χ1) is 14.7. The highest BCUT2D eigenvalue weighted by Gasteiger charge is 2.40. The summed E-state index contributed by atoms with van der Waals surface area (Å²) < 4.78 is 5.70. The summed E-state index contributed by atoms with van der Waals surface area (Å²) >= 11 is 0. The maximum Gasteiger partial charge on any atom is 0.253 e. The van der Waals surface area contributed by atoms with Crippen molar-refractivity contribution in [3.8, 4) is 0 Å². The van der Waals surface area contributed by atoms with Crippen LogP contribution in [0.4, 0.5) is 0 Å².